The minimum atomic E-state index is 0.231. The molecule has 1 atom stereocenters. The molecule has 0 saturated carbocycles. The van der Waals surface area contributed by atoms with Crippen LogP contribution in [0.5, 0.6) is 0 Å². The number of likely N-dealkylation sites (tertiary alicyclic amines) is 1. The molecule has 1 aromatic rings. The molecule has 0 bridgehead atoms. The smallest absolute Gasteiger partial charge is 0.222 e. The number of amides is 1. The van der Waals surface area contributed by atoms with Gasteiger partial charge in [-0.25, -0.2) is 9.97 Å². The molecule has 1 aromatic heterocycles. The van der Waals surface area contributed by atoms with Crippen LogP contribution in [-0.2, 0) is 17.6 Å². The lowest BCUT2D eigenvalue weighted by Gasteiger charge is -2.49. The molecule has 1 aliphatic carbocycles. The second kappa shape index (κ2) is 7.14. The maximum Gasteiger partial charge on any atom is 0.222 e. The minimum absolute atomic E-state index is 0.231. The summed E-state index contributed by atoms with van der Waals surface area (Å²) in [6.07, 6.45) is 9.29. The molecule has 2 saturated heterocycles. The number of hydrogen-bond acceptors (Lipinski definition) is 5. The van der Waals surface area contributed by atoms with E-state index in [1.54, 1.807) is 6.33 Å². The molecule has 2 aliphatic heterocycles. The average Bonchev–Trinajstić information content (AvgIpc) is 3.11. The molecule has 4 rings (SSSR count). The van der Waals surface area contributed by atoms with E-state index in [1.165, 1.54) is 36.3 Å². The standard InChI is InChI=1S/C20H31N5O/c1-23(2)11-12-24-13-20(9-7-18(24)26)8-4-10-25(14-20)19-16-5-3-6-17(16)21-15-22-19/h15H,3-14H2,1-2H3/t20-/m1/s1. The van der Waals surface area contributed by atoms with Crippen LogP contribution >= 0.6 is 0 Å². The molecular weight excluding hydrogens is 326 g/mol. The van der Waals surface area contributed by atoms with Gasteiger partial charge in [0.1, 0.15) is 12.1 Å². The lowest BCUT2D eigenvalue weighted by molar-refractivity contribution is -0.138. The first-order valence-corrected chi connectivity index (χ1v) is 10.1. The van der Waals surface area contributed by atoms with Crippen molar-refractivity contribution >= 4 is 11.7 Å². The predicted octanol–water partition coefficient (Wildman–Crippen LogP) is 1.74. The van der Waals surface area contributed by atoms with Crippen LogP contribution in [-0.4, -0.2) is 72.5 Å². The van der Waals surface area contributed by atoms with Gasteiger partial charge >= 0.3 is 0 Å². The monoisotopic (exact) mass is 357 g/mol. The lowest BCUT2D eigenvalue weighted by Crippen LogP contribution is -2.55. The number of anilines is 1. The number of piperidine rings is 2. The Kier molecular flexibility index (Phi) is 4.86. The number of likely N-dealkylation sites (N-methyl/N-ethyl adjacent to an activating group) is 1. The van der Waals surface area contributed by atoms with Crippen molar-refractivity contribution in [1.29, 1.82) is 0 Å². The van der Waals surface area contributed by atoms with E-state index < -0.39 is 0 Å². The number of aromatic nitrogens is 2. The van der Waals surface area contributed by atoms with Crippen molar-refractivity contribution < 1.29 is 4.79 Å². The van der Waals surface area contributed by atoms with Gasteiger partial charge in [0.25, 0.3) is 0 Å². The van der Waals surface area contributed by atoms with Crippen LogP contribution < -0.4 is 4.90 Å². The molecule has 26 heavy (non-hydrogen) atoms. The van der Waals surface area contributed by atoms with Crippen molar-refractivity contribution in [2.45, 2.75) is 44.9 Å². The summed E-state index contributed by atoms with van der Waals surface area (Å²) in [5.74, 6) is 1.50. The van der Waals surface area contributed by atoms with Gasteiger partial charge < -0.3 is 14.7 Å². The molecule has 6 nitrogen and oxygen atoms in total. The zero-order valence-corrected chi connectivity index (χ0v) is 16.2. The highest BCUT2D eigenvalue weighted by molar-refractivity contribution is 5.77. The molecule has 2 fully saturated rings. The highest BCUT2D eigenvalue weighted by atomic mass is 16.2. The molecule has 0 N–H and O–H groups in total. The molecular formula is C20H31N5O. The van der Waals surface area contributed by atoms with Crippen LogP contribution in [0.1, 0.15) is 43.4 Å². The molecule has 3 heterocycles. The van der Waals surface area contributed by atoms with E-state index >= 15 is 0 Å². The van der Waals surface area contributed by atoms with Crippen LogP contribution in [0.3, 0.4) is 0 Å². The highest BCUT2D eigenvalue weighted by Crippen LogP contribution is 2.41. The van der Waals surface area contributed by atoms with Gasteiger partial charge in [-0.2, -0.15) is 0 Å². The summed E-state index contributed by atoms with van der Waals surface area (Å²) in [6.45, 7) is 4.80. The summed E-state index contributed by atoms with van der Waals surface area (Å²) < 4.78 is 0. The number of carbonyl (C=O) groups is 1. The second-order valence-corrected chi connectivity index (χ2v) is 8.62. The van der Waals surface area contributed by atoms with Gasteiger partial charge in [0.15, 0.2) is 0 Å². The van der Waals surface area contributed by atoms with Crippen LogP contribution in [0.25, 0.3) is 0 Å². The van der Waals surface area contributed by atoms with E-state index in [0.29, 0.717) is 12.3 Å². The maximum absolute atomic E-state index is 12.4. The van der Waals surface area contributed by atoms with Crippen LogP contribution in [0.2, 0.25) is 0 Å². The quantitative estimate of drug-likeness (QED) is 0.822. The lowest BCUT2D eigenvalue weighted by atomic mass is 9.73. The van der Waals surface area contributed by atoms with E-state index in [4.69, 9.17) is 0 Å². The SMILES string of the molecule is CN(C)CCN1C[C@@]2(CCCN(c3ncnc4c3CCC4)C2)CCC1=O. The van der Waals surface area contributed by atoms with Gasteiger partial charge in [0.05, 0.1) is 0 Å². The zero-order chi connectivity index (χ0) is 18.1. The maximum atomic E-state index is 12.4. The fourth-order valence-electron chi connectivity index (χ4n) is 4.96. The van der Waals surface area contributed by atoms with Crippen molar-refractivity contribution in [3.05, 3.63) is 17.6 Å². The molecule has 142 valence electrons. The Labute approximate surface area is 156 Å². The summed E-state index contributed by atoms with van der Waals surface area (Å²) in [5, 5.41) is 0. The first kappa shape index (κ1) is 17.7. The van der Waals surface area contributed by atoms with Crippen molar-refractivity contribution in [3.8, 4) is 0 Å². The Hall–Kier alpha value is -1.69. The van der Waals surface area contributed by atoms with E-state index in [-0.39, 0.29) is 5.41 Å². The fourth-order valence-corrected chi connectivity index (χ4v) is 4.96. The van der Waals surface area contributed by atoms with E-state index in [1.807, 2.05) is 0 Å². The topological polar surface area (TPSA) is 52.6 Å². The Morgan fingerprint density at radius 3 is 2.85 bits per heavy atom. The van der Waals surface area contributed by atoms with Crippen LogP contribution in [0.4, 0.5) is 5.82 Å². The normalized spacial score (nSPS) is 26.0. The predicted molar refractivity (Wildman–Crippen MR) is 102 cm³/mol. The van der Waals surface area contributed by atoms with Crippen LogP contribution in [0.15, 0.2) is 6.33 Å². The third kappa shape index (κ3) is 3.43. The third-order valence-electron chi connectivity index (χ3n) is 6.38. The van der Waals surface area contributed by atoms with Gasteiger partial charge in [-0.05, 0) is 52.6 Å². The minimum Gasteiger partial charge on any atom is -0.356 e. The Bertz CT molecular complexity index is 676. The molecule has 1 spiro atoms. The molecule has 0 unspecified atom stereocenters. The average molecular weight is 358 g/mol. The number of fused-ring (bicyclic) bond motifs is 1. The first-order valence-electron chi connectivity index (χ1n) is 10.1. The Morgan fingerprint density at radius 1 is 1.12 bits per heavy atom. The summed E-state index contributed by atoms with van der Waals surface area (Å²) >= 11 is 0. The largest absolute Gasteiger partial charge is 0.356 e. The Balaban J connectivity index is 1.51. The number of hydrogen-bond donors (Lipinski definition) is 0. The van der Waals surface area contributed by atoms with E-state index in [9.17, 15) is 4.79 Å². The summed E-state index contributed by atoms with van der Waals surface area (Å²) in [5.41, 5.74) is 2.86. The second-order valence-electron chi connectivity index (χ2n) is 8.62. The van der Waals surface area contributed by atoms with E-state index in [2.05, 4.69) is 38.8 Å². The molecule has 0 aromatic carbocycles. The fraction of sp³-hybridized carbons (Fsp3) is 0.750. The van der Waals surface area contributed by atoms with Gasteiger partial charge in [-0.15, -0.1) is 0 Å². The van der Waals surface area contributed by atoms with Crippen molar-refractivity contribution in [2.75, 3.05) is 51.7 Å². The first-order chi connectivity index (χ1) is 12.6. The van der Waals surface area contributed by atoms with Crippen LogP contribution in [0, 0.1) is 5.41 Å². The van der Waals surface area contributed by atoms with Crippen molar-refractivity contribution in [1.82, 2.24) is 19.8 Å². The Morgan fingerprint density at radius 2 is 2.00 bits per heavy atom. The van der Waals surface area contributed by atoms with Crippen molar-refractivity contribution in [2.24, 2.45) is 5.41 Å². The number of nitrogens with zero attached hydrogens (tertiary/aromatic N) is 5. The summed E-state index contributed by atoms with van der Waals surface area (Å²) in [7, 11) is 4.14. The van der Waals surface area contributed by atoms with E-state index in [0.717, 1.165) is 52.0 Å². The third-order valence-corrected chi connectivity index (χ3v) is 6.38. The number of rotatable bonds is 4. The molecule has 0 radical (unpaired) electrons. The summed E-state index contributed by atoms with van der Waals surface area (Å²) in [4.78, 5) is 28.3. The van der Waals surface area contributed by atoms with Gasteiger partial charge in [-0.1, -0.05) is 0 Å². The molecule has 3 aliphatic rings. The van der Waals surface area contributed by atoms with Gasteiger partial charge in [0.2, 0.25) is 5.91 Å². The highest BCUT2D eigenvalue weighted by Gasteiger charge is 2.42. The number of aryl methyl sites for hydroxylation is 1. The zero-order valence-electron chi connectivity index (χ0n) is 16.2. The van der Waals surface area contributed by atoms with Gasteiger partial charge in [-0.3, -0.25) is 4.79 Å². The molecule has 6 heteroatoms. The van der Waals surface area contributed by atoms with Crippen molar-refractivity contribution in [3.63, 3.8) is 0 Å². The summed E-state index contributed by atoms with van der Waals surface area (Å²) in [6, 6.07) is 0. The molecule has 1 amide bonds. The number of carbonyl (C=O) groups excluding carboxylic acids is 1. The van der Waals surface area contributed by atoms with Gasteiger partial charge in [0, 0.05) is 55.8 Å².